The van der Waals surface area contributed by atoms with Gasteiger partial charge in [0.1, 0.15) is 5.82 Å². The Hall–Kier alpha value is -1.50. The van der Waals surface area contributed by atoms with Gasteiger partial charge in [0.2, 0.25) is 5.91 Å². The number of aromatic amines is 1. The number of nitrogens with zero attached hydrogens (tertiary/aromatic N) is 4. The molecule has 1 fully saturated rings. The number of carbonyl (C=O) groups excluding carboxylic acids is 1. The Kier molecular flexibility index (Phi) is 6.43. The highest BCUT2D eigenvalue weighted by Crippen LogP contribution is 2.09. The predicted molar refractivity (Wildman–Crippen MR) is 75.0 cm³/mol. The third-order valence-electron chi connectivity index (χ3n) is 3.65. The van der Waals surface area contributed by atoms with Gasteiger partial charge >= 0.3 is 0 Å². The van der Waals surface area contributed by atoms with Gasteiger partial charge in [-0.1, -0.05) is 6.42 Å². The van der Waals surface area contributed by atoms with Crippen LogP contribution in [0.25, 0.3) is 0 Å². The van der Waals surface area contributed by atoms with Crippen LogP contribution in [-0.4, -0.2) is 57.6 Å². The molecule has 1 aromatic heterocycles. The van der Waals surface area contributed by atoms with Crippen LogP contribution >= 0.6 is 0 Å². The van der Waals surface area contributed by atoms with Crippen LogP contribution in [0.3, 0.4) is 0 Å². The number of hydrogen-bond donors (Lipinski definition) is 2. The summed E-state index contributed by atoms with van der Waals surface area (Å²) in [5.74, 6) is 0.825. The van der Waals surface area contributed by atoms with Crippen LogP contribution in [0.1, 0.15) is 44.3 Å². The van der Waals surface area contributed by atoms with Crippen molar-refractivity contribution in [2.24, 2.45) is 0 Å². The smallest absolute Gasteiger partial charge is 0.220 e. The summed E-state index contributed by atoms with van der Waals surface area (Å²) in [6.45, 7) is 4.19. The minimum absolute atomic E-state index is 0.121. The maximum absolute atomic E-state index is 11.6. The normalized spacial score (nSPS) is 16.2. The van der Waals surface area contributed by atoms with Crippen LogP contribution in [-0.2, 0) is 11.2 Å². The Labute approximate surface area is 119 Å². The van der Waals surface area contributed by atoms with Crippen molar-refractivity contribution >= 4 is 5.91 Å². The van der Waals surface area contributed by atoms with E-state index in [1.54, 1.807) is 0 Å². The topological polar surface area (TPSA) is 86.8 Å². The maximum atomic E-state index is 11.6. The van der Waals surface area contributed by atoms with Crippen molar-refractivity contribution in [2.45, 2.75) is 44.9 Å². The van der Waals surface area contributed by atoms with E-state index in [-0.39, 0.29) is 5.91 Å². The number of tetrazole rings is 1. The first-order valence-electron chi connectivity index (χ1n) is 7.56. The molecule has 7 nitrogen and oxygen atoms in total. The summed E-state index contributed by atoms with van der Waals surface area (Å²) < 4.78 is 0. The molecular weight excluding hydrogens is 256 g/mol. The van der Waals surface area contributed by atoms with Gasteiger partial charge in [-0.3, -0.25) is 4.79 Å². The molecule has 7 heteroatoms. The lowest BCUT2D eigenvalue weighted by molar-refractivity contribution is -0.121. The predicted octanol–water partition coefficient (Wildman–Crippen LogP) is 0.515. The van der Waals surface area contributed by atoms with Gasteiger partial charge in [0.15, 0.2) is 0 Å². The Morgan fingerprint density at radius 2 is 2.10 bits per heavy atom. The molecule has 0 radical (unpaired) electrons. The summed E-state index contributed by atoms with van der Waals surface area (Å²) in [7, 11) is 0. The standard InChI is InChI=1S/C13H24N6O/c20-13(14-8-7-12-15-17-18-16-12)6-2-5-11-19-9-3-1-4-10-19/h1-11H2,(H,14,20)(H,15,16,17,18). The highest BCUT2D eigenvalue weighted by atomic mass is 16.1. The van der Waals surface area contributed by atoms with Gasteiger partial charge in [-0.15, -0.1) is 5.10 Å². The highest BCUT2D eigenvalue weighted by molar-refractivity contribution is 5.75. The van der Waals surface area contributed by atoms with Crippen LogP contribution in [0.4, 0.5) is 0 Å². The number of nitrogens with one attached hydrogen (secondary N) is 2. The molecule has 1 aliphatic rings. The molecule has 2 heterocycles. The summed E-state index contributed by atoms with van der Waals surface area (Å²) in [6.07, 6.45) is 7.37. The molecule has 0 saturated carbocycles. The monoisotopic (exact) mass is 280 g/mol. The molecule has 2 N–H and O–H groups in total. The summed E-state index contributed by atoms with van der Waals surface area (Å²) >= 11 is 0. The minimum atomic E-state index is 0.121. The fraction of sp³-hybridized carbons (Fsp3) is 0.846. The van der Waals surface area contributed by atoms with E-state index in [4.69, 9.17) is 0 Å². The number of likely N-dealkylation sites (tertiary alicyclic amines) is 1. The lowest BCUT2D eigenvalue weighted by atomic mass is 10.1. The Bertz CT molecular complexity index is 374. The molecule has 2 rings (SSSR count). The number of H-pyrrole nitrogens is 1. The summed E-state index contributed by atoms with van der Waals surface area (Å²) in [6, 6.07) is 0. The zero-order valence-electron chi connectivity index (χ0n) is 12.0. The molecule has 1 aromatic rings. The van der Waals surface area contributed by atoms with E-state index < -0.39 is 0 Å². The quantitative estimate of drug-likeness (QED) is 0.678. The van der Waals surface area contributed by atoms with Crippen molar-refractivity contribution in [3.8, 4) is 0 Å². The van der Waals surface area contributed by atoms with E-state index in [0.717, 1.165) is 19.4 Å². The minimum Gasteiger partial charge on any atom is -0.356 e. The van der Waals surface area contributed by atoms with Crippen molar-refractivity contribution in [2.75, 3.05) is 26.2 Å². The first-order chi connectivity index (χ1) is 9.84. The number of rotatable bonds is 8. The highest BCUT2D eigenvalue weighted by Gasteiger charge is 2.09. The van der Waals surface area contributed by atoms with Crippen LogP contribution in [0.15, 0.2) is 0 Å². The maximum Gasteiger partial charge on any atom is 0.220 e. The molecule has 112 valence electrons. The fourth-order valence-corrected chi connectivity index (χ4v) is 2.50. The zero-order valence-corrected chi connectivity index (χ0v) is 12.0. The van der Waals surface area contributed by atoms with E-state index in [9.17, 15) is 4.79 Å². The Morgan fingerprint density at radius 3 is 2.85 bits per heavy atom. The molecule has 0 atom stereocenters. The molecule has 0 unspecified atom stereocenters. The van der Waals surface area contributed by atoms with E-state index in [0.29, 0.717) is 25.2 Å². The van der Waals surface area contributed by atoms with Gasteiger partial charge in [0.25, 0.3) is 0 Å². The average molecular weight is 280 g/mol. The number of amides is 1. The molecule has 1 aliphatic heterocycles. The van der Waals surface area contributed by atoms with Crippen molar-refractivity contribution in [1.29, 1.82) is 0 Å². The number of aromatic nitrogens is 4. The van der Waals surface area contributed by atoms with Gasteiger partial charge in [0.05, 0.1) is 0 Å². The molecule has 0 spiro atoms. The zero-order chi connectivity index (χ0) is 14.0. The Balaban J connectivity index is 1.45. The van der Waals surface area contributed by atoms with E-state index >= 15 is 0 Å². The Morgan fingerprint density at radius 1 is 1.25 bits per heavy atom. The molecule has 0 aliphatic carbocycles. The van der Waals surface area contributed by atoms with E-state index in [1.807, 2.05) is 0 Å². The molecular formula is C13H24N6O. The second-order valence-electron chi connectivity index (χ2n) is 5.31. The SMILES string of the molecule is O=C(CCCCN1CCCCC1)NCCc1nnn[nH]1. The van der Waals surface area contributed by atoms with Crippen LogP contribution in [0.2, 0.25) is 0 Å². The third kappa shape index (κ3) is 5.64. The van der Waals surface area contributed by atoms with Gasteiger partial charge in [-0.25, -0.2) is 5.10 Å². The molecule has 20 heavy (non-hydrogen) atoms. The lowest BCUT2D eigenvalue weighted by Gasteiger charge is -2.26. The second kappa shape index (κ2) is 8.63. The van der Waals surface area contributed by atoms with E-state index in [1.165, 1.54) is 32.4 Å². The van der Waals surface area contributed by atoms with Crippen molar-refractivity contribution in [3.05, 3.63) is 5.82 Å². The van der Waals surface area contributed by atoms with E-state index in [2.05, 4.69) is 30.8 Å². The molecule has 1 amide bonds. The molecule has 0 bridgehead atoms. The van der Waals surface area contributed by atoms with Crippen molar-refractivity contribution in [3.63, 3.8) is 0 Å². The number of hydrogen-bond acceptors (Lipinski definition) is 5. The summed E-state index contributed by atoms with van der Waals surface area (Å²) in [4.78, 5) is 14.1. The van der Waals surface area contributed by atoms with Crippen LogP contribution in [0.5, 0.6) is 0 Å². The van der Waals surface area contributed by atoms with Crippen LogP contribution < -0.4 is 5.32 Å². The van der Waals surface area contributed by atoms with Gasteiger partial charge in [-0.05, 0) is 55.7 Å². The first kappa shape index (κ1) is 14.9. The average Bonchev–Trinajstić information content (AvgIpc) is 2.98. The van der Waals surface area contributed by atoms with Crippen molar-refractivity contribution < 1.29 is 4.79 Å². The number of carbonyl (C=O) groups is 1. The molecule has 0 aromatic carbocycles. The first-order valence-corrected chi connectivity index (χ1v) is 7.56. The fourth-order valence-electron chi connectivity index (χ4n) is 2.50. The lowest BCUT2D eigenvalue weighted by Crippen LogP contribution is -2.31. The summed E-state index contributed by atoms with van der Waals surface area (Å²) in [5, 5.41) is 16.3. The van der Waals surface area contributed by atoms with Crippen molar-refractivity contribution in [1.82, 2.24) is 30.8 Å². The second-order valence-corrected chi connectivity index (χ2v) is 5.31. The molecule has 1 saturated heterocycles. The third-order valence-corrected chi connectivity index (χ3v) is 3.65. The van der Waals surface area contributed by atoms with Gasteiger partial charge in [0, 0.05) is 19.4 Å². The summed E-state index contributed by atoms with van der Waals surface area (Å²) in [5.41, 5.74) is 0. The van der Waals surface area contributed by atoms with Gasteiger partial charge < -0.3 is 10.2 Å². The number of unbranched alkanes of at least 4 members (excludes halogenated alkanes) is 1. The van der Waals surface area contributed by atoms with Crippen LogP contribution in [0, 0.1) is 0 Å². The van der Waals surface area contributed by atoms with Gasteiger partial charge in [-0.2, -0.15) is 0 Å². The largest absolute Gasteiger partial charge is 0.356 e. The number of piperidine rings is 1.